The van der Waals surface area contributed by atoms with Crippen LogP contribution in [0, 0.1) is 5.92 Å². The molecule has 16 heavy (non-hydrogen) atoms. The van der Waals surface area contributed by atoms with Crippen LogP contribution in [0.5, 0.6) is 0 Å². The van der Waals surface area contributed by atoms with Crippen molar-refractivity contribution in [3.8, 4) is 0 Å². The van der Waals surface area contributed by atoms with Crippen molar-refractivity contribution < 1.29 is 9.90 Å². The third-order valence-electron chi connectivity index (χ3n) is 4.24. The highest BCUT2D eigenvalue weighted by Gasteiger charge is 2.39. The molecular weight excluding hydrogens is 204 g/mol. The van der Waals surface area contributed by atoms with E-state index in [4.69, 9.17) is 5.73 Å². The third-order valence-corrected chi connectivity index (χ3v) is 4.24. The molecule has 0 radical (unpaired) electrons. The van der Waals surface area contributed by atoms with Crippen molar-refractivity contribution in [3.63, 3.8) is 0 Å². The molecule has 1 heterocycles. The second-order valence-electron chi connectivity index (χ2n) is 5.50. The van der Waals surface area contributed by atoms with E-state index in [-0.39, 0.29) is 24.1 Å². The maximum atomic E-state index is 12.1. The second-order valence-corrected chi connectivity index (χ2v) is 5.50. The van der Waals surface area contributed by atoms with E-state index in [1.807, 2.05) is 4.90 Å². The summed E-state index contributed by atoms with van der Waals surface area (Å²) in [5, 5.41) is 9.30. The first-order chi connectivity index (χ1) is 7.56. The van der Waals surface area contributed by atoms with E-state index in [9.17, 15) is 9.90 Å². The summed E-state index contributed by atoms with van der Waals surface area (Å²) >= 11 is 0. The Kier molecular flexibility index (Phi) is 3.22. The molecule has 1 amide bonds. The lowest BCUT2D eigenvalue weighted by Gasteiger charge is -2.39. The predicted molar refractivity (Wildman–Crippen MR) is 61.8 cm³/mol. The highest BCUT2D eigenvalue weighted by molar-refractivity contribution is 5.78. The molecule has 1 aliphatic heterocycles. The van der Waals surface area contributed by atoms with Gasteiger partial charge in [-0.1, -0.05) is 6.92 Å². The molecule has 2 fully saturated rings. The standard InChI is InChI=1S/C12H22N2O2/c1-9-3-6-14(10(9)8-15)11(16)7-12(13)4-2-5-12/h9-10,15H,2-8,13H2,1H3. The van der Waals surface area contributed by atoms with E-state index in [1.54, 1.807) is 0 Å². The first kappa shape index (κ1) is 11.9. The number of amides is 1. The summed E-state index contributed by atoms with van der Waals surface area (Å²) in [5.74, 6) is 0.537. The number of rotatable bonds is 3. The number of carbonyl (C=O) groups is 1. The Morgan fingerprint density at radius 1 is 1.56 bits per heavy atom. The SMILES string of the molecule is CC1CCN(C(=O)CC2(N)CCC2)C1CO. The molecule has 4 nitrogen and oxygen atoms in total. The molecule has 2 aliphatic rings. The number of carbonyl (C=O) groups excluding carboxylic acids is 1. The summed E-state index contributed by atoms with van der Waals surface area (Å²) in [6, 6.07) is 0.0103. The Hall–Kier alpha value is -0.610. The summed E-state index contributed by atoms with van der Waals surface area (Å²) in [6.45, 7) is 2.95. The van der Waals surface area contributed by atoms with Crippen LogP contribution in [0.15, 0.2) is 0 Å². The Morgan fingerprint density at radius 2 is 2.25 bits per heavy atom. The largest absolute Gasteiger partial charge is 0.394 e. The number of nitrogens with two attached hydrogens (primary N) is 1. The van der Waals surface area contributed by atoms with Crippen molar-refractivity contribution in [2.75, 3.05) is 13.2 Å². The highest BCUT2D eigenvalue weighted by Crippen LogP contribution is 2.34. The lowest BCUT2D eigenvalue weighted by Crippen LogP contribution is -2.51. The number of aliphatic hydroxyl groups is 1. The van der Waals surface area contributed by atoms with Crippen molar-refractivity contribution in [2.24, 2.45) is 11.7 Å². The molecule has 1 aliphatic carbocycles. The van der Waals surface area contributed by atoms with Gasteiger partial charge in [0, 0.05) is 18.5 Å². The molecule has 0 bridgehead atoms. The predicted octanol–water partition coefficient (Wildman–Crippen LogP) is 0.487. The molecule has 2 unspecified atom stereocenters. The monoisotopic (exact) mass is 226 g/mol. The average molecular weight is 226 g/mol. The van der Waals surface area contributed by atoms with Crippen LogP contribution >= 0.6 is 0 Å². The zero-order valence-electron chi connectivity index (χ0n) is 9.98. The van der Waals surface area contributed by atoms with Gasteiger partial charge in [-0.05, 0) is 31.6 Å². The number of hydrogen-bond donors (Lipinski definition) is 2. The van der Waals surface area contributed by atoms with Gasteiger partial charge >= 0.3 is 0 Å². The minimum atomic E-state index is -0.247. The van der Waals surface area contributed by atoms with Crippen molar-refractivity contribution in [1.29, 1.82) is 0 Å². The van der Waals surface area contributed by atoms with Gasteiger partial charge in [0.05, 0.1) is 12.6 Å². The smallest absolute Gasteiger partial charge is 0.224 e. The van der Waals surface area contributed by atoms with E-state index < -0.39 is 0 Å². The summed E-state index contributed by atoms with van der Waals surface area (Å²) in [6.07, 6.45) is 4.52. The molecular formula is C12H22N2O2. The van der Waals surface area contributed by atoms with E-state index in [0.717, 1.165) is 32.2 Å². The Morgan fingerprint density at radius 3 is 2.75 bits per heavy atom. The van der Waals surface area contributed by atoms with Crippen molar-refractivity contribution in [3.05, 3.63) is 0 Å². The maximum absolute atomic E-state index is 12.1. The molecule has 0 aromatic rings. The zero-order chi connectivity index (χ0) is 11.8. The first-order valence-electron chi connectivity index (χ1n) is 6.25. The van der Waals surface area contributed by atoms with Gasteiger partial charge in [-0.3, -0.25) is 4.79 Å². The Bertz CT molecular complexity index is 276. The molecule has 1 saturated carbocycles. The molecule has 2 atom stereocenters. The fourth-order valence-electron chi connectivity index (χ4n) is 2.81. The van der Waals surface area contributed by atoms with Crippen molar-refractivity contribution in [2.45, 2.75) is 50.6 Å². The van der Waals surface area contributed by atoms with Crippen LogP contribution in [0.4, 0.5) is 0 Å². The average Bonchev–Trinajstić information content (AvgIpc) is 2.57. The van der Waals surface area contributed by atoms with Crippen LogP contribution in [0.25, 0.3) is 0 Å². The second kappa shape index (κ2) is 4.34. The summed E-state index contributed by atoms with van der Waals surface area (Å²) in [5.41, 5.74) is 5.84. The highest BCUT2D eigenvalue weighted by atomic mass is 16.3. The minimum Gasteiger partial charge on any atom is -0.394 e. The molecule has 4 heteroatoms. The molecule has 0 aromatic carbocycles. The van der Waals surface area contributed by atoms with Crippen LogP contribution in [0.3, 0.4) is 0 Å². The van der Waals surface area contributed by atoms with Crippen molar-refractivity contribution in [1.82, 2.24) is 4.90 Å². The molecule has 0 aromatic heterocycles. The normalized spacial score (nSPS) is 32.6. The zero-order valence-corrected chi connectivity index (χ0v) is 9.98. The van der Waals surface area contributed by atoms with E-state index in [1.165, 1.54) is 0 Å². The van der Waals surface area contributed by atoms with Crippen LogP contribution < -0.4 is 5.73 Å². The molecule has 0 spiro atoms. The lowest BCUT2D eigenvalue weighted by molar-refractivity contribution is -0.135. The molecule has 92 valence electrons. The quantitative estimate of drug-likeness (QED) is 0.736. The van der Waals surface area contributed by atoms with Gasteiger partial charge in [-0.2, -0.15) is 0 Å². The van der Waals surface area contributed by atoms with Gasteiger partial charge in [0.25, 0.3) is 0 Å². The fraction of sp³-hybridized carbons (Fsp3) is 0.917. The minimum absolute atomic E-state index is 0.0103. The number of aliphatic hydroxyl groups excluding tert-OH is 1. The topological polar surface area (TPSA) is 66.6 Å². The summed E-state index contributed by atoms with van der Waals surface area (Å²) in [7, 11) is 0. The summed E-state index contributed by atoms with van der Waals surface area (Å²) < 4.78 is 0. The summed E-state index contributed by atoms with van der Waals surface area (Å²) in [4.78, 5) is 13.9. The van der Waals surface area contributed by atoms with Gasteiger partial charge in [0.15, 0.2) is 0 Å². The van der Waals surface area contributed by atoms with E-state index in [2.05, 4.69) is 6.92 Å². The van der Waals surface area contributed by atoms with Crippen LogP contribution in [0.1, 0.15) is 39.0 Å². The van der Waals surface area contributed by atoms with Gasteiger partial charge in [0.2, 0.25) is 5.91 Å². The molecule has 1 saturated heterocycles. The maximum Gasteiger partial charge on any atom is 0.224 e. The first-order valence-corrected chi connectivity index (χ1v) is 6.25. The number of likely N-dealkylation sites (tertiary alicyclic amines) is 1. The third kappa shape index (κ3) is 2.09. The Labute approximate surface area is 96.8 Å². The van der Waals surface area contributed by atoms with Crippen LogP contribution in [0.2, 0.25) is 0 Å². The van der Waals surface area contributed by atoms with Crippen molar-refractivity contribution >= 4 is 5.91 Å². The van der Waals surface area contributed by atoms with Gasteiger partial charge < -0.3 is 15.7 Å². The van der Waals surface area contributed by atoms with E-state index >= 15 is 0 Å². The van der Waals surface area contributed by atoms with E-state index in [0.29, 0.717) is 12.3 Å². The molecule has 3 N–H and O–H groups in total. The van der Waals surface area contributed by atoms with Gasteiger partial charge in [0.1, 0.15) is 0 Å². The number of nitrogens with zero attached hydrogens (tertiary/aromatic N) is 1. The molecule has 2 rings (SSSR count). The van der Waals surface area contributed by atoms with Gasteiger partial charge in [-0.15, -0.1) is 0 Å². The Balaban J connectivity index is 1.94. The fourth-order valence-corrected chi connectivity index (χ4v) is 2.81. The van der Waals surface area contributed by atoms with Gasteiger partial charge in [-0.25, -0.2) is 0 Å². The lowest BCUT2D eigenvalue weighted by atomic mass is 9.75. The van der Waals surface area contributed by atoms with Crippen LogP contribution in [-0.2, 0) is 4.79 Å². The number of hydrogen-bond acceptors (Lipinski definition) is 3. The van der Waals surface area contributed by atoms with Crippen LogP contribution in [-0.4, -0.2) is 40.6 Å².